The van der Waals surface area contributed by atoms with Crippen molar-refractivity contribution >= 4 is 33.6 Å². The maximum atomic E-state index is 11.8. The predicted molar refractivity (Wildman–Crippen MR) is 70.6 cm³/mol. The van der Waals surface area contributed by atoms with Crippen LogP contribution >= 0.6 is 15.9 Å². The number of hydrogen-bond acceptors (Lipinski definition) is 4. The highest BCUT2D eigenvalue weighted by Gasteiger charge is 2.28. The summed E-state index contributed by atoms with van der Waals surface area (Å²) in [6.45, 7) is -0.313. The summed E-state index contributed by atoms with van der Waals surface area (Å²) in [5.74, 6) is -0.998. The molecule has 19 heavy (non-hydrogen) atoms. The lowest BCUT2D eigenvalue weighted by molar-refractivity contribution is -0.145. The molecule has 0 saturated carbocycles. The van der Waals surface area contributed by atoms with E-state index < -0.39 is 12.0 Å². The van der Waals surface area contributed by atoms with Crippen LogP contribution in [0.1, 0.15) is 23.2 Å². The van der Waals surface area contributed by atoms with Crippen LogP contribution in [0.15, 0.2) is 28.7 Å². The van der Waals surface area contributed by atoms with Crippen LogP contribution in [0.4, 0.5) is 0 Å². The van der Waals surface area contributed by atoms with E-state index in [1.807, 2.05) is 0 Å². The standard InChI is InChI=1S/C13H12BrNO4/c14-9-3-1-8(2-4-9)11(16)7-19-13(18)10-5-6-12(17)15-10/h1-4,10H,5-7H2,(H,15,17). The molecule has 1 aliphatic rings. The van der Waals surface area contributed by atoms with Crippen molar-refractivity contribution in [2.75, 3.05) is 6.61 Å². The number of ketones is 1. The summed E-state index contributed by atoms with van der Waals surface area (Å²) in [7, 11) is 0. The summed E-state index contributed by atoms with van der Waals surface area (Å²) in [5.41, 5.74) is 0.478. The van der Waals surface area contributed by atoms with Crippen LogP contribution in [0.3, 0.4) is 0 Å². The summed E-state index contributed by atoms with van der Waals surface area (Å²) in [6, 6.07) is 6.17. The van der Waals surface area contributed by atoms with E-state index in [2.05, 4.69) is 21.2 Å². The molecule has 0 radical (unpaired) electrons. The molecule has 1 heterocycles. The number of rotatable bonds is 4. The van der Waals surface area contributed by atoms with E-state index >= 15 is 0 Å². The molecule has 6 heteroatoms. The highest BCUT2D eigenvalue weighted by Crippen LogP contribution is 2.12. The fourth-order valence-corrected chi connectivity index (χ4v) is 2.01. The van der Waals surface area contributed by atoms with E-state index in [9.17, 15) is 14.4 Å². The maximum Gasteiger partial charge on any atom is 0.329 e. The molecule has 1 N–H and O–H groups in total. The van der Waals surface area contributed by atoms with Gasteiger partial charge in [-0.15, -0.1) is 0 Å². The topological polar surface area (TPSA) is 72.5 Å². The zero-order valence-electron chi connectivity index (χ0n) is 10.0. The second-order valence-corrected chi connectivity index (χ2v) is 5.11. The average molecular weight is 326 g/mol. The number of esters is 1. The van der Waals surface area contributed by atoms with Crippen LogP contribution in [0.2, 0.25) is 0 Å². The number of hydrogen-bond donors (Lipinski definition) is 1. The minimum atomic E-state index is -0.620. The lowest BCUT2D eigenvalue weighted by Crippen LogP contribution is -2.35. The second kappa shape index (κ2) is 5.97. The summed E-state index contributed by atoms with van der Waals surface area (Å²) in [5, 5.41) is 2.49. The Bertz CT molecular complexity index is 512. The first-order valence-electron chi connectivity index (χ1n) is 5.81. The smallest absolute Gasteiger partial charge is 0.329 e. The molecule has 1 fully saturated rings. The van der Waals surface area contributed by atoms with E-state index in [0.717, 1.165) is 4.47 Å². The molecular weight excluding hydrogens is 314 g/mol. The third-order valence-corrected chi connectivity index (χ3v) is 3.32. The minimum Gasteiger partial charge on any atom is -0.456 e. The molecule has 1 saturated heterocycles. The first-order valence-corrected chi connectivity index (χ1v) is 6.60. The molecule has 2 rings (SSSR count). The molecule has 5 nitrogen and oxygen atoms in total. The fraction of sp³-hybridized carbons (Fsp3) is 0.308. The quantitative estimate of drug-likeness (QED) is 0.671. The van der Waals surface area contributed by atoms with Gasteiger partial charge in [-0.05, 0) is 18.6 Å². The molecule has 1 aromatic rings. The van der Waals surface area contributed by atoms with Crippen molar-refractivity contribution in [2.45, 2.75) is 18.9 Å². The number of benzene rings is 1. The molecule has 1 aromatic carbocycles. The molecule has 0 aromatic heterocycles. The molecule has 1 unspecified atom stereocenters. The third-order valence-electron chi connectivity index (χ3n) is 2.79. The molecular formula is C13H12BrNO4. The second-order valence-electron chi connectivity index (χ2n) is 4.20. The maximum absolute atomic E-state index is 11.8. The van der Waals surface area contributed by atoms with Gasteiger partial charge in [-0.3, -0.25) is 9.59 Å². The van der Waals surface area contributed by atoms with Gasteiger partial charge in [0.2, 0.25) is 5.91 Å². The van der Waals surface area contributed by atoms with Gasteiger partial charge >= 0.3 is 5.97 Å². The van der Waals surface area contributed by atoms with Gasteiger partial charge in [0.15, 0.2) is 12.4 Å². The van der Waals surface area contributed by atoms with E-state index in [0.29, 0.717) is 18.4 Å². The van der Waals surface area contributed by atoms with Crippen molar-refractivity contribution in [3.05, 3.63) is 34.3 Å². The SMILES string of the molecule is O=C1CCC(C(=O)OCC(=O)c2ccc(Br)cc2)N1. The van der Waals surface area contributed by atoms with Gasteiger partial charge in [0.1, 0.15) is 6.04 Å². The summed E-state index contributed by atoms with van der Waals surface area (Å²) < 4.78 is 5.78. The van der Waals surface area contributed by atoms with E-state index in [1.165, 1.54) is 0 Å². The number of amides is 1. The van der Waals surface area contributed by atoms with Gasteiger partial charge in [0.25, 0.3) is 0 Å². The molecule has 1 amide bonds. The number of carbonyl (C=O) groups is 3. The van der Waals surface area contributed by atoms with Crippen LogP contribution in [0.25, 0.3) is 0 Å². The number of ether oxygens (including phenoxy) is 1. The van der Waals surface area contributed by atoms with Crippen molar-refractivity contribution in [1.82, 2.24) is 5.32 Å². The number of Topliss-reactive ketones (excluding diaryl/α,β-unsaturated/α-hetero) is 1. The van der Waals surface area contributed by atoms with Crippen LogP contribution in [0.5, 0.6) is 0 Å². The van der Waals surface area contributed by atoms with Crippen molar-refractivity contribution in [2.24, 2.45) is 0 Å². The molecule has 1 aliphatic heterocycles. The fourth-order valence-electron chi connectivity index (χ4n) is 1.75. The normalized spacial score (nSPS) is 17.9. The van der Waals surface area contributed by atoms with Gasteiger partial charge in [0.05, 0.1) is 0 Å². The van der Waals surface area contributed by atoms with Crippen LogP contribution < -0.4 is 5.32 Å². The van der Waals surface area contributed by atoms with Crippen molar-refractivity contribution in [3.8, 4) is 0 Å². The van der Waals surface area contributed by atoms with Crippen LogP contribution in [0, 0.1) is 0 Å². The Labute approximate surface area is 118 Å². The van der Waals surface area contributed by atoms with Gasteiger partial charge in [-0.2, -0.15) is 0 Å². The van der Waals surface area contributed by atoms with Crippen molar-refractivity contribution < 1.29 is 19.1 Å². The van der Waals surface area contributed by atoms with Crippen LogP contribution in [-0.4, -0.2) is 30.3 Å². The average Bonchev–Trinajstić information content (AvgIpc) is 2.83. The Morgan fingerprint density at radius 1 is 1.32 bits per heavy atom. The Balaban J connectivity index is 1.85. The zero-order valence-corrected chi connectivity index (χ0v) is 11.6. The van der Waals surface area contributed by atoms with Crippen molar-refractivity contribution in [1.29, 1.82) is 0 Å². The minimum absolute atomic E-state index is 0.166. The van der Waals surface area contributed by atoms with Gasteiger partial charge in [-0.25, -0.2) is 4.79 Å². The van der Waals surface area contributed by atoms with Gasteiger partial charge in [0, 0.05) is 16.5 Å². The summed E-state index contributed by atoms with van der Waals surface area (Å²) in [6.07, 6.45) is 0.741. The molecule has 1 atom stereocenters. The Morgan fingerprint density at radius 3 is 2.58 bits per heavy atom. The molecule has 0 bridgehead atoms. The molecule has 0 spiro atoms. The van der Waals surface area contributed by atoms with E-state index in [1.54, 1.807) is 24.3 Å². The first kappa shape index (κ1) is 13.7. The summed E-state index contributed by atoms with van der Waals surface area (Å²) in [4.78, 5) is 34.3. The van der Waals surface area contributed by atoms with E-state index in [-0.39, 0.29) is 18.3 Å². The Morgan fingerprint density at radius 2 is 2.00 bits per heavy atom. The number of halogens is 1. The highest BCUT2D eigenvalue weighted by molar-refractivity contribution is 9.10. The Hall–Kier alpha value is -1.69. The monoisotopic (exact) mass is 325 g/mol. The number of carbonyl (C=O) groups excluding carboxylic acids is 3. The lowest BCUT2D eigenvalue weighted by atomic mass is 10.1. The molecule has 0 aliphatic carbocycles. The highest BCUT2D eigenvalue weighted by atomic mass is 79.9. The summed E-state index contributed by atoms with van der Waals surface area (Å²) >= 11 is 3.27. The van der Waals surface area contributed by atoms with Crippen molar-refractivity contribution in [3.63, 3.8) is 0 Å². The first-order chi connectivity index (χ1) is 9.06. The van der Waals surface area contributed by atoms with Crippen LogP contribution in [-0.2, 0) is 14.3 Å². The van der Waals surface area contributed by atoms with Gasteiger partial charge in [-0.1, -0.05) is 28.1 Å². The third kappa shape index (κ3) is 3.64. The van der Waals surface area contributed by atoms with Gasteiger partial charge < -0.3 is 10.1 Å². The number of nitrogens with one attached hydrogen (secondary N) is 1. The largest absolute Gasteiger partial charge is 0.456 e. The Kier molecular flexibility index (Phi) is 4.31. The van der Waals surface area contributed by atoms with E-state index in [4.69, 9.17) is 4.74 Å². The lowest BCUT2D eigenvalue weighted by Gasteiger charge is -2.09. The molecule has 100 valence electrons. The predicted octanol–water partition coefficient (Wildman–Crippen LogP) is 1.45. The zero-order chi connectivity index (χ0) is 13.8.